The van der Waals surface area contributed by atoms with Gasteiger partial charge in [-0.25, -0.2) is 0 Å². The van der Waals surface area contributed by atoms with E-state index in [0.717, 1.165) is 18.4 Å². The summed E-state index contributed by atoms with van der Waals surface area (Å²) in [7, 11) is 0. The minimum Gasteiger partial charge on any atom is -0.308 e. The maximum absolute atomic E-state index is 10.8. The molecule has 0 bridgehead atoms. The molecule has 18 heavy (non-hydrogen) atoms. The first-order valence-corrected chi connectivity index (χ1v) is 6.83. The van der Waals surface area contributed by atoms with Gasteiger partial charge in [0.05, 0.1) is 9.40 Å². The topological polar surface area (TPSA) is 55.2 Å². The first-order chi connectivity index (χ1) is 8.35. The summed E-state index contributed by atoms with van der Waals surface area (Å²) >= 11 is 3.18. The zero-order valence-electron chi connectivity index (χ0n) is 11.0. The van der Waals surface area contributed by atoms with Gasteiger partial charge < -0.3 is 5.32 Å². The SMILES string of the molecule is CCCC(C)(C)NCc1ccc(Br)c([N+](=O)[O-])c1. The highest BCUT2D eigenvalue weighted by Crippen LogP contribution is 2.25. The molecule has 0 aliphatic carbocycles. The summed E-state index contributed by atoms with van der Waals surface area (Å²) in [5, 5.41) is 14.3. The predicted molar refractivity (Wildman–Crippen MR) is 76.6 cm³/mol. The van der Waals surface area contributed by atoms with Gasteiger partial charge in [0.1, 0.15) is 0 Å². The van der Waals surface area contributed by atoms with Gasteiger partial charge in [-0.05, 0) is 47.8 Å². The second-order valence-corrected chi connectivity index (χ2v) is 5.88. The van der Waals surface area contributed by atoms with Crippen molar-refractivity contribution >= 4 is 21.6 Å². The maximum atomic E-state index is 10.8. The van der Waals surface area contributed by atoms with Crippen molar-refractivity contribution in [1.82, 2.24) is 5.32 Å². The number of nitro benzene ring substituents is 1. The van der Waals surface area contributed by atoms with Gasteiger partial charge >= 0.3 is 0 Å². The summed E-state index contributed by atoms with van der Waals surface area (Å²) in [6, 6.07) is 5.23. The minimum absolute atomic E-state index is 0.0522. The molecule has 1 N–H and O–H groups in total. The average Bonchev–Trinajstić information content (AvgIpc) is 2.27. The van der Waals surface area contributed by atoms with E-state index in [9.17, 15) is 10.1 Å². The smallest absolute Gasteiger partial charge is 0.283 e. The molecule has 0 heterocycles. The summed E-state index contributed by atoms with van der Waals surface area (Å²) < 4.78 is 0.518. The molecule has 0 aliphatic rings. The van der Waals surface area contributed by atoms with E-state index in [1.165, 1.54) is 0 Å². The summed E-state index contributed by atoms with van der Waals surface area (Å²) in [4.78, 5) is 10.5. The third kappa shape index (κ3) is 4.38. The third-order valence-corrected chi connectivity index (χ3v) is 3.52. The molecule has 1 aromatic rings. The minimum atomic E-state index is -0.370. The predicted octanol–water partition coefficient (Wildman–Crippen LogP) is 4.03. The summed E-state index contributed by atoms with van der Waals surface area (Å²) in [6.45, 7) is 7.07. The van der Waals surface area contributed by atoms with Crippen LogP contribution in [0, 0.1) is 10.1 Å². The van der Waals surface area contributed by atoms with Gasteiger partial charge in [0.2, 0.25) is 0 Å². The number of halogens is 1. The molecule has 0 radical (unpaired) electrons. The number of nitro groups is 1. The molecule has 0 aromatic heterocycles. The van der Waals surface area contributed by atoms with E-state index in [0.29, 0.717) is 11.0 Å². The van der Waals surface area contributed by atoms with E-state index in [2.05, 4.69) is 42.0 Å². The van der Waals surface area contributed by atoms with Gasteiger partial charge in [0, 0.05) is 18.2 Å². The van der Waals surface area contributed by atoms with Crippen LogP contribution in [0.3, 0.4) is 0 Å². The van der Waals surface area contributed by atoms with E-state index in [1.54, 1.807) is 12.1 Å². The summed E-state index contributed by atoms with van der Waals surface area (Å²) in [5.74, 6) is 0. The molecule has 4 nitrogen and oxygen atoms in total. The van der Waals surface area contributed by atoms with Crippen molar-refractivity contribution in [3.63, 3.8) is 0 Å². The molecule has 0 spiro atoms. The number of hydrogen-bond donors (Lipinski definition) is 1. The first-order valence-electron chi connectivity index (χ1n) is 6.03. The van der Waals surface area contributed by atoms with E-state index in [1.807, 2.05) is 6.07 Å². The van der Waals surface area contributed by atoms with Gasteiger partial charge in [0.25, 0.3) is 5.69 Å². The fourth-order valence-electron chi connectivity index (χ4n) is 1.86. The van der Waals surface area contributed by atoms with Gasteiger partial charge in [-0.1, -0.05) is 19.4 Å². The Morgan fingerprint density at radius 3 is 2.67 bits per heavy atom. The number of nitrogens with one attached hydrogen (secondary N) is 1. The van der Waals surface area contributed by atoms with Crippen LogP contribution in [-0.4, -0.2) is 10.5 Å². The summed E-state index contributed by atoms with van der Waals surface area (Å²) in [6.07, 6.45) is 2.19. The average molecular weight is 315 g/mol. The Morgan fingerprint density at radius 2 is 2.11 bits per heavy atom. The third-order valence-electron chi connectivity index (χ3n) is 2.85. The van der Waals surface area contributed by atoms with Crippen LogP contribution in [0.15, 0.2) is 22.7 Å². The molecule has 0 aliphatic heterocycles. The molecule has 5 heteroatoms. The van der Waals surface area contributed by atoms with E-state index < -0.39 is 0 Å². The monoisotopic (exact) mass is 314 g/mol. The van der Waals surface area contributed by atoms with Crippen molar-refractivity contribution in [2.24, 2.45) is 0 Å². The van der Waals surface area contributed by atoms with Crippen molar-refractivity contribution in [3.8, 4) is 0 Å². The molecule has 0 atom stereocenters. The molecule has 0 saturated heterocycles. The Kier molecular flexibility index (Phi) is 5.28. The van der Waals surface area contributed by atoms with E-state index in [-0.39, 0.29) is 16.1 Å². The molecular formula is C13H19BrN2O2. The summed E-state index contributed by atoms with van der Waals surface area (Å²) in [5.41, 5.74) is 1.09. The largest absolute Gasteiger partial charge is 0.308 e. The molecule has 0 amide bonds. The van der Waals surface area contributed by atoms with E-state index in [4.69, 9.17) is 0 Å². The Morgan fingerprint density at radius 1 is 1.44 bits per heavy atom. The van der Waals surface area contributed by atoms with Crippen LogP contribution in [-0.2, 0) is 6.54 Å². The molecule has 0 fully saturated rings. The van der Waals surface area contributed by atoms with E-state index >= 15 is 0 Å². The number of rotatable bonds is 6. The van der Waals surface area contributed by atoms with Gasteiger partial charge in [-0.15, -0.1) is 0 Å². The standard InChI is InChI=1S/C13H19BrN2O2/c1-4-7-13(2,3)15-9-10-5-6-11(14)12(8-10)16(17)18/h5-6,8,15H,4,7,9H2,1-3H3. The first kappa shape index (κ1) is 15.1. The fourth-order valence-corrected chi connectivity index (χ4v) is 2.25. The highest BCUT2D eigenvalue weighted by Gasteiger charge is 2.17. The van der Waals surface area contributed by atoms with Crippen LogP contribution in [0.4, 0.5) is 5.69 Å². The quantitative estimate of drug-likeness (QED) is 0.637. The Bertz CT molecular complexity index is 433. The zero-order valence-corrected chi connectivity index (χ0v) is 12.6. The van der Waals surface area contributed by atoms with Crippen molar-refractivity contribution in [1.29, 1.82) is 0 Å². The Labute approximate surface area is 116 Å². The molecule has 100 valence electrons. The number of hydrogen-bond acceptors (Lipinski definition) is 3. The normalized spacial score (nSPS) is 11.6. The lowest BCUT2D eigenvalue weighted by Gasteiger charge is -2.25. The van der Waals surface area contributed by atoms with Crippen LogP contribution in [0.1, 0.15) is 39.2 Å². The van der Waals surface area contributed by atoms with Crippen molar-refractivity contribution in [2.75, 3.05) is 0 Å². The second-order valence-electron chi connectivity index (χ2n) is 5.03. The number of nitrogens with zero attached hydrogens (tertiary/aromatic N) is 1. The van der Waals surface area contributed by atoms with Crippen LogP contribution in [0.2, 0.25) is 0 Å². The lowest BCUT2D eigenvalue weighted by Crippen LogP contribution is -2.38. The lowest BCUT2D eigenvalue weighted by atomic mass is 9.98. The molecule has 0 saturated carbocycles. The molecule has 0 unspecified atom stereocenters. The van der Waals surface area contributed by atoms with Crippen molar-refractivity contribution in [2.45, 2.75) is 45.7 Å². The van der Waals surface area contributed by atoms with Gasteiger partial charge in [0.15, 0.2) is 0 Å². The molecule has 1 rings (SSSR count). The molecule has 1 aromatic carbocycles. The number of benzene rings is 1. The van der Waals surface area contributed by atoms with Gasteiger partial charge in [-0.3, -0.25) is 10.1 Å². The van der Waals surface area contributed by atoms with Gasteiger partial charge in [-0.2, -0.15) is 0 Å². The Balaban J connectivity index is 2.74. The highest BCUT2D eigenvalue weighted by atomic mass is 79.9. The second kappa shape index (κ2) is 6.29. The van der Waals surface area contributed by atoms with Crippen LogP contribution >= 0.6 is 15.9 Å². The fraction of sp³-hybridized carbons (Fsp3) is 0.538. The van der Waals surface area contributed by atoms with Crippen LogP contribution in [0.25, 0.3) is 0 Å². The maximum Gasteiger partial charge on any atom is 0.283 e. The zero-order chi connectivity index (χ0) is 13.8. The van der Waals surface area contributed by atoms with Crippen LogP contribution < -0.4 is 5.32 Å². The lowest BCUT2D eigenvalue weighted by molar-refractivity contribution is -0.385. The highest BCUT2D eigenvalue weighted by molar-refractivity contribution is 9.10. The molecular weight excluding hydrogens is 296 g/mol. The Hall–Kier alpha value is -0.940. The van der Waals surface area contributed by atoms with Crippen LogP contribution in [0.5, 0.6) is 0 Å². The van der Waals surface area contributed by atoms with Crippen molar-refractivity contribution < 1.29 is 4.92 Å². The van der Waals surface area contributed by atoms with Crippen molar-refractivity contribution in [3.05, 3.63) is 38.3 Å².